The van der Waals surface area contributed by atoms with Gasteiger partial charge in [-0.2, -0.15) is 0 Å². The molecule has 0 aliphatic heterocycles. The van der Waals surface area contributed by atoms with Gasteiger partial charge in [0, 0.05) is 6.04 Å². The topological polar surface area (TPSA) is 118 Å². The summed E-state index contributed by atoms with van der Waals surface area (Å²) in [4.78, 5) is 52.1. The molecule has 0 radical (unpaired) electrons. The van der Waals surface area contributed by atoms with Crippen LogP contribution in [0.1, 0.15) is 54.8 Å². The maximum atomic E-state index is 13.6. The molecule has 3 rings (SSSR count). The van der Waals surface area contributed by atoms with Crippen LogP contribution in [0.3, 0.4) is 0 Å². The van der Waals surface area contributed by atoms with Crippen LogP contribution in [0.25, 0.3) is 0 Å². The lowest BCUT2D eigenvalue weighted by molar-refractivity contribution is -0.152. The maximum absolute atomic E-state index is 13.6. The third-order valence-electron chi connectivity index (χ3n) is 5.52. The summed E-state index contributed by atoms with van der Waals surface area (Å²) in [6.07, 6.45) is 4.91. The molecule has 1 aliphatic rings. The predicted octanol–water partition coefficient (Wildman–Crippen LogP) is 2.34. The number of benzene rings is 1. The second kappa shape index (κ2) is 12.0. The van der Waals surface area contributed by atoms with Gasteiger partial charge in [-0.1, -0.05) is 25.0 Å². The number of furan rings is 1. The highest BCUT2D eigenvalue weighted by Crippen LogP contribution is 2.25. The van der Waals surface area contributed by atoms with E-state index in [0.29, 0.717) is 5.56 Å². The average Bonchev–Trinajstić information content (AvgIpc) is 3.53. The summed E-state index contributed by atoms with van der Waals surface area (Å²) < 4.78 is 23.6. The summed E-state index contributed by atoms with van der Waals surface area (Å²) in [5, 5.41) is 5.37. The van der Waals surface area contributed by atoms with Crippen molar-refractivity contribution >= 4 is 23.7 Å². The summed E-state index contributed by atoms with van der Waals surface area (Å²) in [5.74, 6) is -3.01. The summed E-state index contributed by atoms with van der Waals surface area (Å²) in [6.45, 7) is 0.695. The SMILES string of the molecule is CCOC(=O)CN(C(=O)CNC(=O)c1ccco1)C(C(=O)NC1CCCC1)c1ccc(F)cc1. The molecule has 1 atom stereocenters. The number of esters is 1. The summed E-state index contributed by atoms with van der Waals surface area (Å²) in [7, 11) is 0. The average molecular weight is 474 g/mol. The van der Waals surface area contributed by atoms with Crippen molar-refractivity contribution in [2.75, 3.05) is 19.7 Å². The van der Waals surface area contributed by atoms with Crippen molar-refractivity contribution in [2.45, 2.75) is 44.7 Å². The molecule has 1 heterocycles. The molecule has 0 bridgehead atoms. The fourth-order valence-corrected chi connectivity index (χ4v) is 3.89. The standard InChI is InChI=1S/C24H28FN3O6/c1-2-33-21(30)15-28(20(29)14-26-23(31)19-8-5-13-34-19)22(16-9-11-17(25)12-10-16)24(32)27-18-6-3-4-7-18/h5,8-13,18,22H,2-4,6-7,14-15H2,1H3,(H,26,31)(H,27,32). The van der Waals surface area contributed by atoms with Gasteiger partial charge in [0.05, 0.1) is 19.4 Å². The van der Waals surface area contributed by atoms with Crippen molar-refractivity contribution in [2.24, 2.45) is 0 Å². The Morgan fingerprint density at radius 3 is 2.47 bits per heavy atom. The molecule has 0 saturated heterocycles. The molecule has 1 fully saturated rings. The number of carbonyl (C=O) groups is 4. The fraction of sp³-hybridized carbons (Fsp3) is 0.417. The molecular formula is C24H28FN3O6. The Labute approximate surface area is 196 Å². The summed E-state index contributed by atoms with van der Waals surface area (Å²) in [6, 6.07) is 6.83. The van der Waals surface area contributed by atoms with Gasteiger partial charge < -0.3 is 24.7 Å². The summed E-state index contributed by atoms with van der Waals surface area (Å²) in [5.41, 5.74) is 0.326. The zero-order valence-corrected chi connectivity index (χ0v) is 18.9. The molecule has 1 saturated carbocycles. The minimum absolute atomic E-state index is 0.0128. The Kier molecular flexibility index (Phi) is 8.78. The van der Waals surface area contributed by atoms with Crippen molar-refractivity contribution in [3.8, 4) is 0 Å². The van der Waals surface area contributed by atoms with E-state index in [4.69, 9.17) is 9.15 Å². The molecule has 1 aromatic heterocycles. The molecule has 9 nitrogen and oxygen atoms in total. The van der Waals surface area contributed by atoms with Crippen molar-refractivity contribution in [3.63, 3.8) is 0 Å². The van der Waals surface area contributed by atoms with Gasteiger partial charge in [-0.3, -0.25) is 19.2 Å². The minimum Gasteiger partial charge on any atom is -0.465 e. The molecule has 2 N–H and O–H groups in total. The number of nitrogens with zero attached hydrogens (tertiary/aromatic N) is 1. The van der Waals surface area contributed by atoms with Crippen LogP contribution >= 0.6 is 0 Å². The van der Waals surface area contributed by atoms with Crippen LogP contribution in [-0.4, -0.2) is 54.3 Å². The minimum atomic E-state index is -1.22. The van der Waals surface area contributed by atoms with E-state index < -0.39 is 48.6 Å². The van der Waals surface area contributed by atoms with Crippen LogP contribution in [0.5, 0.6) is 0 Å². The number of carbonyl (C=O) groups excluding carboxylic acids is 4. The zero-order valence-electron chi connectivity index (χ0n) is 18.9. The van der Waals surface area contributed by atoms with Gasteiger partial charge >= 0.3 is 5.97 Å². The van der Waals surface area contributed by atoms with Crippen LogP contribution in [0, 0.1) is 5.82 Å². The monoisotopic (exact) mass is 473 g/mol. The molecule has 3 amide bonds. The first-order chi connectivity index (χ1) is 16.4. The Morgan fingerprint density at radius 2 is 1.85 bits per heavy atom. The Hall–Kier alpha value is -3.69. The van der Waals surface area contributed by atoms with E-state index in [2.05, 4.69) is 10.6 Å². The first kappa shape index (κ1) is 24.9. The molecule has 1 aliphatic carbocycles. The van der Waals surface area contributed by atoms with Gasteiger partial charge in [0.25, 0.3) is 5.91 Å². The number of amides is 3. The molecule has 0 spiro atoms. The van der Waals surface area contributed by atoms with Gasteiger partial charge in [0.1, 0.15) is 18.4 Å². The van der Waals surface area contributed by atoms with Crippen LogP contribution in [0.2, 0.25) is 0 Å². The third kappa shape index (κ3) is 6.66. The van der Waals surface area contributed by atoms with Crippen LogP contribution in [0.4, 0.5) is 4.39 Å². The van der Waals surface area contributed by atoms with Gasteiger partial charge in [0.2, 0.25) is 11.8 Å². The number of rotatable bonds is 10. The van der Waals surface area contributed by atoms with Gasteiger partial charge in [0.15, 0.2) is 5.76 Å². The lowest BCUT2D eigenvalue weighted by atomic mass is 10.0. The molecule has 10 heteroatoms. The zero-order chi connectivity index (χ0) is 24.5. The van der Waals surface area contributed by atoms with Crippen molar-refractivity contribution in [3.05, 3.63) is 59.8 Å². The van der Waals surface area contributed by atoms with E-state index in [0.717, 1.165) is 30.6 Å². The Bertz CT molecular complexity index is 987. The fourth-order valence-electron chi connectivity index (χ4n) is 3.89. The highest BCUT2D eigenvalue weighted by molar-refractivity contribution is 5.96. The number of hydrogen-bond acceptors (Lipinski definition) is 6. The van der Waals surface area contributed by atoms with E-state index in [1.54, 1.807) is 6.92 Å². The highest BCUT2D eigenvalue weighted by Gasteiger charge is 2.35. The summed E-state index contributed by atoms with van der Waals surface area (Å²) >= 11 is 0. The quantitative estimate of drug-likeness (QED) is 0.512. The smallest absolute Gasteiger partial charge is 0.325 e. The van der Waals surface area contributed by atoms with Gasteiger partial charge in [-0.25, -0.2) is 4.39 Å². The molecule has 1 unspecified atom stereocenters. The van der Waals surface area contributed by atoms with Crippen LogP contribution < -0.4 is 10.6 Å². The van der Waals surface area contributed by atoms with Crippen molar-refractivity contribution in [1.82, 2.24) is 15.5 Å². The van der Waals surface area contributed by atoms with E-state index >= 15 is 0 Å². The van der Waals surface area contributed by atoms with E-state index in [1.807, 2.05) is 0 Å². The van der Waals surface area contributed by atoms with Crippen molar-refractivity contribution < 1.29 is 32.7 Å². The van der Waals surface area contributed by atoms with Gasteiger partial charge in [-0.05, 0) is 49.6 Å². The number of halogens is 1. The molecule has 34 heavy (non-hydrogen) atoms. The molecule has 2 aromatic rings. The Morgan fingerprint density at radius 1 is 1.15 bits per heavy atom. The molecule has 1 aromatic carbocycles. The Balaban J connectivity index is 1.86. The lowest BCUT2D eigenvalue weighted by Crippen LogP contribution is -2.50. The number of ether oxygens (including phenoxy) is 1. The first-order valence-corrected chi connectivity index (χ1v) is 11.2. The van der Waals surface area contributed by atoms with Crippen LogP contribution in [-0.2, 0) is 19.1 Å². The second-order valence-electron chi connectivity index (χ2n) is 7.93. The maximum Gasteiger partial charge on any atom is 0.325 e. The largest absolute Gasteiger partial charge is 0.465 e. The second-order valence-corrected chi connectivity index (χ2v) is 7.93. The lowest BCUT2D eigenvalue weighted by Gasteiger charge is -2.31. The third-order valence-corrected chi connectivity index (χ3v) is 5.52. The molecular weight excluding hydrogens is 445 g/mol. The predicted molar refractivity (Wildman–Crippen MR) is 119 cm³/mol. The van der Waals surface area contributed by atoms with Crippen LogP contribution in [0.15, 0.2) is 47.1 Å². The van der Waals surface area contributed by atoms with E-state index in [9.17, 15) is 23.6 Å². The number of hydrogen-bond donors (Lipinski definition) is 2. The van der Waals surface area contributed by atoms with Crippen molar-refractivity contribution in [1.29, 1.82) is 0 Å². The molecule has 182 valence electrons. The first-order valence-electron chi connectivity index (χ1n) is 11.2. The van der Waals surface area contributed by atoms with E-state index in [-0.39, 0.29) is 18.4 Å². The number of nitrogens with one attached hydrogen (secondary N) is 2. The van der Waals surface area contributed by atoms with E-state index in [1.165, 1.54) is 42.7 Å². The normalized spacial score (nSPS) is 14.3. The van der Waals surface area contributed by atoms with Gasteiger partial charge in [-0.15, -0.1) is 0 Å². The highest BCUT2D eigenvalue weighted by atomic mass is 19.1.